The van der Waals surface area contributed by atoms with Crippen LogP contribution < -0.4 is 5.32 Å². The van der Waals surface area contributed by atoms with Crippen molar-refractivity contribution in [3.8, 4) is 0 Å². The lowest BCUT2D eigenvalue weighted by Gasteiger charge is -2.34. The Balaban J connectivity index is 1.08. The van der Waals surface area contributed by atoms with Crippen LogP contribution in [0.2, 0.25) is 0 Å². The molecule has 3 atom stereocenters. The number of likely N-dealkylation sites (tertiary alicyclic amines) is 1. The molecule has 1 unspecified atom stereocenters. The number of amides is 1. The van der Waals surface area contributed by atoms with E-state index in [1.54, 1.807) is 6.07 Å². The third-order valence-corrected chi connectivity index (χ3v) is 8.63. The highest BCUT2D eigenvalue weighted by Gasteiger charge is 2.55. The number of nitrogens with zero attached hydrogens (tertiary/aromatic N) is 1. The monoisotopic (exact) mass is 460 g/mol. The van der Waals surface area contributed by atoms with Crippen LogP contribution in [0.3, 0.4) is 0 Å². The molecule has 0 aromatic heterocycles. The molecule has 2 N–H and O–H groups in total. The SMILES string of the molecule is O=C(O)c1cccc2c1CCC(c1ccc([C@@H]3CC34CCN(C(=O)[C@H]3CCCO3)CC4)cc1)N2. The zero-order valence-electron chi connectivity index (χ0n) is 19.5. The molecule has 1 aliphatic carbocycles. The van der Waals surface area contributed by atoms with Crippen molar-refractivity contribution in [2.24, 2.45) is 5.41 Å². The number of carboxylic acid groups (broad SMARTS) is 1. The van der Waals surface area contributed by atoms with Crippen molar-refractivity contribution in [1.82, 2.24) is 4.90 Å². The quantitative estimate of drug-likeness (QED) is 0.688. The summed E-state index contributed by atoms with van der Waals surface area (Å²) in [5, 5.41) is 13.0. The number of fused-ring (bicyclic) bond motifs is 1. The maximum absolute atomic E-state index is 12.7. The molecule has 3 fully saturated rings. The van der Waals surface area contributed by atoms with Crippen LogP contribution in [0.25, 0.3) is 0 Å². The van der Waals surface area contributed by atoms with E-state index in [0.717, 1.165) is 69.5 Å². The van der Waals surface area contributed by atoms with Gasteiger partial charge in [0.2, 0.25) is 0 Å². The summed E-state index contributed by atoms with van der Waals surface area (Å²) in [6.45, 7) is 2.44. The van der Waals surface area contributed by atoms with Crippen LogP contribution in [-0.4, -0.2) is 47.7 Å². The highest BCUT2D eigenvalue weighted by Crippen LogP contribution is 2.65. The number of ether oxygens (including phenoxy) is 1. The molecule has 0 radical (unpaired) electrons. The van der Waals surface area contributed by atoms with Crippen molar-refractivity contribution in [3.05, 3.63) is 64.7 Å². The van der Waals surface area contributed by atoms with Crippen LogP contribution in [0.5, 0.6) is 0 Å². The average molecular weight is 461 g/mol. The van der Waals surface area contributed by atoms with E-state index in [9.17, 15) is 14.7 Å². The van der Waals surface area contributed by atoms with Gasteiger partial charge in [-0.25, -0.2) is 4.79 Å². The van der Waals surface area contributed by atoms with Gasteiger partial charge in [-0.1, -0.05) is 30.3 Å². The maximum atomic E-state index is 12.7. The summed E-state index contributed by atoms with van der Waals surface area (Å²) in [7, 11) is 0. The summed E-state index contributed by atoms with van der Waals surface area (Å²) >= 11 is 0. The second-order valence-electron chi connectivity index (χ2n) is 10.5. The lowest BCUT2D eigenvalue weighted by atomic mass is 9.87. The first-order valence-electron chi connectivity index (χ1n) is 12.7. The number of anilines is 1. The second-order valence-corrected chi connectivity index (χ2v) is 10.5. The third kappa shape index (κ3) is 3.78. The Labute approximate surface area is 200 Å². The van der Waals surface area contributed by atoms with Crippen molar-refractivity contribution in [1.29, 1.82) is 0 Å². The molecule has 178 valence electrons. The molecule has 2 aromatic rings. The lowest BCUT2D eigenvalue weighted by molar-refractivity contribution is -0.142. The highest BCUT2D eigenvalue weighted by atomic mass is 16.5. The molecule has 34 heavy (non-hydrogen) atoms. The number of aromatic carboxylic acids is 1. The molecule has 6 heteroatoms. The maximum Gasteiger partial charge on any atom is 0.336 e. The zero-order valence-corrected chi connectivity index (χ0v) is 19.5. The topological polar surface area (TPSA) is 78.9 Å². The molecular formula is C28H32N2O4. The molecule has 6 rings (SSSR count). The van der Waals surface area contributed by atoms with Crippen LogP contribution in [0.1, 0.15) is 77.5 Å². The minimum Gasteiger partial charge on any atom is -0.478 e. The number of carboxylic acids is 1. The Kier molecular flexibility index (Phi) is 5.36. The summed E-state index contributed by atoms with van der Waals surface area (Å²) in [4.78, 5) is 26.2. The smallest absolute Gasteiger partial charge is 0.336 e. The Morgan fingerprint density at radius 1 is 1.03 bits per heavy atom. The lowest BCUT2D eigenvalue weighted by Crippen LogP contribution is -2.44. The van der Waals surface area contributed by atoms with Crippen LogP contribution in [0, 0.1) is 5.41 Å². The van der Waals surface area contributed by atoms with E-state index >= 15 is 0 Å². The fourth-order valence-electron chi connectivity index (χ4n) is 6.47. The number of carbonyl (C=O) groups is 2. The van der Waals surface area contributed by atoms with Crippen molar-refractivity contribution in [3.63, 3.8) is 0 Å². The van der Waals surface area contributed by atoms with Crippen LogP contribution >= 0.6 is 0 Å². The average Bonchev–Trinajstić information content (AvgIpc) is 3.28. The van der Waals surface area contributed by atoms with E-state index in [1.165, 1.54) is 17.5 Å². The molecule has 0 bridgehead atoms. The Hall–Kier alpha value is -2.86. The molecule has 6 nitrogen and oxygen atoms in total. The van der Waals surface area contributed by atoms with E-state index in [0.29, 0.717) is 16.9 Å². The summed E-state index contributed by atoms with van der Waals surface area (Å²) in [5.74, 6) is -0.0625. The Bertz CT molecular complexity index is 1100. The molecule has 2 saturated heterocycles. The van der Waals surface area contributed by atoms with Gasteiger partial charge in [-0.05, 0) is 85.1 Å². The molecule has 2 aromatic carbocycles. The van der Waals surface area contributed by atoms with Crippen LogP contribution in [0.4, 0.5) is 5.69 Å². The molecule has 1 amide bonds. The molecule has 4 aliphatic rings. The number of benzene rings is 2. The highest BCUT2D eigenvalue weighted by molar-refractivity contribution is 5.91. The Morgan fingerprint density at radius 2 is 1.79 bits per heavy atom. The van der Waals surface area contributed by atoms with Gasteiger partial charge in [0.1, 0.15) is 6.10 Å². The number of hydrogen-bond acceptors (Lipinski definition) is 4. The summed E-state index contributed by atoms with van der Waals surface area (Å²) < 4.78 is 5.60. The minimum absolute atomic E-state index is 0.200. The number of nitrogens with one attached hydrogen (secondary N) is 1. The van der Waals surface area contributed by atoms with Gasteiger partial charge in [0.05, 0.1) is 11.6 Å². The number of carbonyl (C=O) groups excluding carboxylic acids is 1. The first-order valence-corrected chi connectivity index (χ1v) is 12.7. The van der Waals surface area contributed by atoms with Crippen molar-refractivity contribution in [2.45, 2.75) is 63.0 Å². The van der Waals surface area contributed by atoms with Gasteiger partial charge < -0.3 is 20.1 Å². The predicted molar refractivity (Wildman–Crippen MR) is 129 cm³/mol. The zero-order chi connectivity index (χ0) is 23.3. The molecule has 1 spiro atoms. The van der Waals surface area contributed by atoms with Crippen molar-refractivity contribution < 1.29 is 19.4 Å². The van der Waals surface area contributed by atoms with Gasteiger partial charge in [0, 0.05) is 25.4 Å². The van der Waals surface area contributed by atoms with Gasteiger partial charge in [0.15, 0.2) is 0 Å². The van der Waals surface area contributed by atoms with Gasteiger partial charge in [-0.3, -0.25) is 4.79 Å². The van der Waals surface area contributed by atoms with E-state index in [2.05, 4.69) is 29.6 Å². The fourth-order valence-corrected chi connectivity index (χ4v) is 6.47. The largest absolute Gasteiger partial charge is 0.478 e. The molecule has 1 saturated carbocycles. The molecule has 3 heterocycles. The fraction of sp³-hybridized carbons (Fsp3) is 0.500. The van der Waals surface area contributed by atoms with Crippen molar-refractivity contribution in [2.75, 3.05) is 25.0 Å². The minimum atomic E-state index is -0.859. The number of piperidine rings is 1. The summed E-state index contributed by atoms with van der Waals surface area (Å²) in [6, 6.07) is 14.7. The van der Waals surface area contributed by atoms with Crippen LogP contribution in [-0.2, 0) is 16.0 Å². The van der Waals surface area contributed by atoms with Gasteiger partial charge in [-0.15, -0.1) is 0 Å². The number of hydrogen-bond donors (Lipinski definition) is 2. The third-order valence-electron chi connectivity index (χ3n) is 8.63. The van der Waals surface area contributed by atoms with Gasteiger partial charge in [0.25, 0.3) is 5.91 Å². The summed E-state index contributed by atoms with van der Waals surface area (Å²) in [5.41, 5.74) is 5.28. The standard InChI is InChI=1S/C28H32N2O4/c31-26(25-5-2-16-34-25)30-14-12-28(13-15-30)17-22(28)18-6-8-19(9-7-18)23-11-10-20-21(27(32)33)3-1-4-24(20)29-23/h1,3-4,6-9,22-23,25,29H,2,5,10-17H2,(H,32,33)/t22-,23?,25+/m0/s1. The first-order chi connectivity index (χ1) is 16.5. The van der Waals surface area contributed by atoms with Crippen LogP contribution in [0.15, 0.2) is 42.5 Å². The van der Waals surface area contributed by atoms with E-state index in [4.69, 9.17) is 4.74 Å². The second kappa shape index (κ2) is 8.42. The van der Waals surface area contributed by atoms with Gasteiger partial charge in [-0.2, -0.15) is 0 Å². The summed E-state index contributed by atoms with van der Waals surface area (Å²) in [6.07, 6.45) is 6.72. The van der Waals surface area contributed by atoms with Crippen molar-refractivity contribution >= 4 is 17.6 Å². The molecular weight excluding hydrogens is 428 g/mol. The van der Waals surface area contributed by atoms with E-state index in [1.807, 2.05) is 17.0 Å². The normalized spacial score (nSPS) is 27.2. The van der Waals surface area contributed by atoms with Gasteiger partial charge >= 0.3 is 5.97 Å². The van der Waals surface area contributed by atoms with E-state index in [-0.39, 0.29) is 18.1 Å². The predicted octanol–water partition coefficient (Wildman–Crippen LogP) is 4.76. The Morgan fingerprint density at radius 3 is 2.50 bits per heavy atom. The molecule has 3 aliphatic heterocycles. The number of rotatable bonds is 4. The van der Waals surface area contributed by atoms with E-state index < -0.39 is 5.97 Å². The first kappa shape index (κ1) is 21.7.